The first-order valence-electron chi connectivity index (χ1n) is 9.54. The van der Waals surface area contributed by atoms with Crippen LogP contribution < -0.4 is 5.32 Å². The van der Waals surface area contributed by atoms with Gasteiger partial charge >= 0.3 is 6.18 Å². The van der Waals surface area contributed by atoms with E-state index >= 15 is 0 Å². The van der Waals surface area contributed by atoms with Crippen LogP contribution in [0.1, 0.15) is 18.0 Å². The zero-order valence-electron chi connectivity index (χ0n) is 16.0. The van der Waals surface area contributed by atoms with Crippen molar-refractivity contribution in [1.82, 2.24) is 15.1 Å². The molecule has 1 N–H and O–H groups in total. The van der Waals surface area contributed by atoms with Crippen molar-refractivity contribution in [2.75, 3.05) is 13.2 Å². The monoisotopic (exact) mass is 415 g/mol. The van der Waals surface area contributed by atoms with Crippen LogP contribution in [0.25, 0.3) is 22.2 Å². The number of halogens is 3. The SMILES string of the molecule is C=CC(=O)NC1COCCC1n1nc(-c2ccc(C(F)(F)F)cc2)c2ccccc21. The molecular weight excluding hydrogens is 395 g/mol. The maximum atomic E-state index is 12.9. The molecule has 1 aromatic heterocycles. The Morgan fingerprint density at radius 1 is 1.20 bits per heavy atom. The standard InChI is InChI=1S/C22H20F3N3O2/c1-2-20(29)26-17-13-30-12-11-19(17)28-18-6-4-3-5-16(18)21(27-28)14-7-9-15(10-8-14)22(23,24)25/h2-10,17,19H,1,11-13H2,(H,26,29). The predicted molar refractivity (Wildman–Crippen MR) is 107 cm³/mol. The molecular formula is C22H20F3N3O2. The van der Waals surface area contributed by atoms with Crippen molar-refractivity contribution in [2.45, 2.75) is 24.7 Å². The lowest BCUT2D eigenvalue weighted by Crippen LogP contribution is -2.47. The van der Waals surface area contributed by atoms with Gasteiger partial charge in [0.1, 0.15) is 5.69 Å². The Balaban J connectivity index is 1.77. The van der Waals surface area contributed by atoms with Gasteiger partial charge in [-0.25, -0.2) is 0 Å². The number of nitrogens with zero attached hydrogens (tertiary/aromatic N) is 2. The van der Waals surface area contributed by atoms with Gasteiger partial charge in [-0.1, -0.05) is 36.9 Å². The number of rotatable bonds is 4. The van der Waals surface area contributed by atoms with E-state index in [4.69, 9.17) is 9.84 Å². The predicted octanol–water partition coefficient (Wildman–Crippen LogP) is 4.35. The fraction of sp³-hybridized carbons (Fsp3) is 0.273. The van der Waals surface area contributed by atoms with Gasteiger partial charge in [-0.3, -0.25) is 9.48 Å². The largest absolute Gasteiger partial charge is 0.416 e. The molecule has 30 heavy (non-hydrogen) atoms. The number of nitrogens with one attached hydrogen (secondary N) is 1. The van der Waals surface area contributed by atoms with Crippen LogP contribution in [-0.2, 0) is 15.7 Å². The fourth-order valence-electron chi connectivity index (χ4n) is 3.77. The van der Waals surface area contributed by atoms with E-state index in [0.29, 0.717) is 30.9 Å². The molecule has 0 saturated carbocycles. The maximum absolute atomic E-state index is 12.9. The van der Waals surface area contributed by atoms with E-state index < -0.39 is 11.7 Å². The van der Waals surface area contributed by atoms with E-state index in [-0.39, 0.29) is 18.0 Å². The van der Waals surface area contributed by atoms with E-state index in [9.17, 15) is 18.0 Å². The van der Waals surface area contributed by atoms with Gasteiger partial charge in [-0.2, -0.15) is 18.3 Å². The number of hydrogen-bond acceptors (Lipinski definition) is 3. The molecule has 1 aliphatic rings. The molecule has 5 nitrogen and oxygen atoms in total. The van der Waals surface area contributed by atoms with Gasteiger partial charge in [0.15, 0.2) is 0 Å². The summed E-state index contributed by atoms with van der Waals surface area (Å²) in [7, 11) is 0. The number of benzene rings is 2. The van der Waals surface area contributed by atoms with Gasteiger partial charge in [0, 0.05) is 17.6 Å². The Kier molecular flexibility index (Phi) is 5.34. The molecule has 1 fully saturated rings. The van der Waals surface area contributed by atoms with Crippen LogP contribution in [-0.4, -0.2) is 34.9 Å². The van der Waals surface area contributed by atoms with Crippen molar-refractivity contribution in [2.24, 2.45) is 0 Å². The van der Waals surface area contributed by atoms with Crippen LogP contribution in [0.5, 0.6) is 0 Å². The second-order valence-electron chi connectivity index (χ2n) is 7.14. The van der Waals surface area contributed by atoms with Crippen molar-refractivity contribution in [1.29, 1.82) is 0 Å². The van der Waals surface area contributed by atoms with Gasteiger partial charge in [-0.15, -0.1) is 0 Å². The third-order valence-corrected chi connectivity index (χ3v) is 5.25. The molecule has 0 radical (unpaired) electrons. The first-order chi connectivity index (χ1) is 14.4. The molecule has 2 unspecified atom stereocenters. The van der Waals surface area contributed by atoms with Crippen LogP contribution in [0.4, 0.5) is 13.2 Å². The first-order valence-corrected chi connectivity index (χ1v) is 9.54. The van der Waals surface area contributed by atoms with Gasteiger partial charge in [0.2, 0.25) is 5.91 Å². The summed E-state index contributed by atoms with van der Waals surface area (Å²) in [5, 5.41) is 8.48. The Morgan fingerprint density at radius 3 is 2.63 bits per heavy atom. The molecule has 1 aliphatic heterocycles. The molecule has 4 rings (SSSR count). The molecule has 3 aromatic rings. The lowest BCUT2D eigenvalue weighted by molar-refractivity contribution is -0.137. The summed E-state index contributed by atoms with van der Waals surface area (Å²) in [4.78, 5) is 11.9. The molecule has 1 amide bonds. The molecule has 2 aromatic carbocycles. The number of alkyl halides is 3. The molecule has 0 spiro atoms. The summed E-state index contributed by atoms with van der Waals surface area (Å²) in [6.07, 6.45) is -2.54. The average Bonchev–Trinajstić information content (AvgIpc) is 3.13. The van der Waals surface area contributed by atoms with Crippen LogP contribution in [0.3, 0.4) is 0 Å². The summed E-state index contributed by atoms with van der Waals surface area (Å²) in [5.41, 5.74) is 1.33. The normalized spacial score (nSPS) is 19.6. The highest BCUT2D eigenvalue weighted by molar-refractivity contribution is 5.93. The van der Waals surface area contributed by atoms with Crippen molar-refractivity contribution < 1.29 is 22.7 Å². The molecule has 1 saturated heterocycles. The summed E-state index contributed by atoms with van der Waals surface area (Å²) >= 11 is 0. The molecule has 156 valence electrons. The van der Waals surface area contributed by atoms with Gasteiger partial charge < -0.3 is 10.1 Å². The lowest BCUT2D eigenvalue weighted by atomic mass is 10.0. The van der Waals surface area contributed by atoms with Crippen LogP contribution in [0.15, 0.2) is 61.2 Å². The van der Waals surface area contributed by atoms with Gasteiger partial charge in [0.25, 0.3) is 0 Å². The minimum Gasteiger partial charge on any atom is -0.379 e. The molecule has 2 heterocycles. The average molecular weight is 415 g/mol. The van der Waals surface area contributed by atoms with E-state index in [1.54, 1.807) is 0 Å². The van der Waals surface area contributed by atoms with Crippen LogP contribution >= 0.6 is 0 Å². The van der Waals surface area contributed by atoms with Gasteiger partial charge in [-0.05, 0) is 30.7 Å². The third-order valence-electron chi connectivity index (χ3n) is 5.25. The smallest absolute Gasteiger partial charge is 0.379 e. The topological polar surface area (TPSA) is 56.1 Å². The highest BCUT2D eigenvalue weighted by atomic mass is 19.4. The summed E-state index contributed by atoms with van der Waals surface area (Å²) in [6, 6.07) is 12.1. The Morgan fingerprint density at radius 2 is 1.93 bits per heavy atom. The van der Waals surface area contributed by atoms with Crippen LogP contribution in [0, 0.1) is 0 Å². The number of para-hydroxylation sites is 1. The third kappa shape index (κ3) is 3.82. The number of ether oxygens (including phenoxy) is 1. The number of carbonyl (C=O) groups is 1. The zero-order valence-corrected chi connectivity index (χ0v) is 16.0. The Hall–Kier alpha value is -3.13. The molecule has 0 aliphatic carbocycles. The Bertz CT molecular complexity index is 1070. The van der Waals surface area contributed by atoms with Gasteiger partial charge in [0.05, 0.1) is 29.8 Å². The number of amides is 1. The van der Waals surface area contributed by atoms with E-state index in [1.165, 1.54) is 18.2 Å². The van der Waals surface area contributed by atoms with E-state index in [1.807, 2.05) is 28.9 Å². The highest BCUT2D eigenvalue weighted by Gasteiger charge is 2.32. The molecule has 2 atom stereocenters. The second kappa shape index (κ2) is 7.95. The summed E-state index contributed by atoms with van der Waals surface area (Å²) < 4.78 is 46.2. The van der Waals surface area contributed by atoms with Crippen LogP contribution in [0.2, 0.25) is 0 Å². The number of hydrogen-bond donors (Lipinski definition) is 1. The fourth-order valence-corrected chi connectivity index (χ4v) is 3.77. The first kappa shape index (κ1) is 20.2. The maximum Gasteiger partial charge on any atom is 0.416 e. The van der Waals surface area contributed by atoms with Crippen molar-refractivity contribution in [3.63, 3.8) is 0 Å². The molecule has 0 bridgehead atoms. The van der Waals surface area contributed by atoms with E-state index in [0.717, 1.165) is 23.0 Å². The second-order valence-corrected chi connectivity index (χ2v) is 7.14. The van der Waals surface area contributed by atoms with Crippen molar-refractivity contribution in [3.8, 4) is 11.3 Å². The zero-order chi connectivity index (χ0) is 21.3. The summed E-state index contributed by atoms with van der Waals surface area (Å²) in [6.45, 7) is 4.35. The van der Waals surface area contributed by atoms with E-state index in [2.05, 4.69) is 11.9 Å². The minimum absolute atomic E-state index is 0.157. The highest BCUT2D eigenvalue weighted by Crippen LogP contribution is 2.35. The molecule has 8 heteroatoms. The van der Waals surface area contributed by atoms with Crippen molar-refractivity contribution in [3.05, 3.63) is 66.7 Å². The number of aromatic nitrogens is 2. The summed E-state index contributed by atoms with van der Waals surface area (Å²) in [5.74, 6) is -0.296. The lowest BCUT2D eigenvalue weighted by Gasteiger charge is -2.32. The Labute approximate surface area is 171 Å². The minimum atomic E-state index is -4.39. The van der Waals surface area contributed by atoms with Crippen molar-refractivity contribution >= 4 is 16.8 Å². The number of carbonyl (C=O) groups excluding carboxylic acids is 1. The quantitative estimate of drug-likeness (QED) is 0.645. The number of fused-ring (bicyclic) bond motifs is 1.